The van der Waals surface area contributed by atoms with Gasteiger partial charge in [0.05, 0.1) is 22.1 Å². The molecular formula is C65H43N3. The number of para-hydroxylation sites is 5. The first-order valence-corrected chi connectivity index (χ1v) is 23.5. The molecule has 12 aromatic rings. The molecule has 0 aliphatic heterocycles. The van der Waals surface area contributed by atoms with Crippen LogP contribution in [0.1, 0.15) is 22.3 Å². The van der Waals surface area contributed by atoms with Crippen LogP contribution in [-0.4, -0.2) is 4.57 Å². The molecule has 2 aliphatic rings. The maximum atomic E-state index is 2.51. The predicted octanol–water partition coefficient (Wildman–Crippen LogP) is 17.2. The van der Waals surface area contributed by atoms with Gasteiger partial charge in [-0.2, -0.15) is 0 Å². The Balaban J connectivity index is 1.07. The van der Waals surface area contributed by atoms with Crippen LogP contribution in [-0.2, 0) is 5.41 Å². The van der Waals surface area contributed by atoms with Crippen molar-refractivity contribution in [3.63, 3.8) is 0 Å². The van der Waals surface area contributed by atoms with E-state index in [-0.39, 0.29) is 0 Å². The van der Waals surface area contributed by atoms with E-state index in [4.69, 9.17) is 0 Å². The molecule has 14 rings (SSSR count). The molecule has 1 spiro atoms. The first kappa shape index (κ1) is 38.4. The number of nitrogens with zero attached hydrogens (tertiary/aromatic N) is 3. The van der Waals surface area contributed by atoms with Crippen LogP contribution in [0.3, 0.4) is 0 Å². The third-order valence-electron chi connectivity index (χ3n) is 14.5. The first-order valence-electron chi connectivity index (χ1n) is 23.5. The summed E-state index contributed by atoms with van der Waals surface area (Å²) in [6.45, 7) is 0. The van der Waals surface area contributed by atoms with E-state index in [1.54, 1.807) is 0 Å². The van der Waals surface area contributed by atoms with Crippen LogP contribution in [0.2, 0.25) is 0 Å². The van der Waals surface area contributed by atoms with Crippen LogP contribution in [0.4, 0.5) is 34.1 Å². The fourth-order valence-electron chi connectivity index (χ4n) is 11.9. The van der Waals surface area contributed by atoms with Gasteiger partial charge in [-0.25, -0.2) is 0 Å². The summed E-state index contributed by atoms with van der Waals surface area (Å²) in [6.07, 6.45) is 0. The topological polar surface area (TPSA) is 11.4 Å². The van der Waals surface area contributed by atoms with Gasteiger partial charge in [-0.05, 0) is 141 Å². The largest absolute Gasteiger partial charge is 0.310 e. The number of hydrogen-bond donors (Lipinski definition) is 0. The smallest absolute Gasteiger partial charge is 0.0747 e. The highest BCUT2D eigenvalue weighted by atomic mass is 15.2. The molecule has 1 aromatic heterocycles. The number of hydrogen-bond acceptors (Lipinski definition) is 2. The zero-order chi connectivity index (χ0) is 44.8. The SMILES string of the molecule is c1ccc(N(c2ccc3c(c2)C2(c4ccccc4-3)c3ccccc3-c3c2c(N(c2ccccc2)c2ccccc2)cc2ccccc32)c2ccc3c(c2)c2ccccc2n3-c2ccccc2)cc1. The Morgan fingerprint density at radius 2 is 0.809 bits per heavy atom. The summed E-state index contributed by atoms with van der Waals surface area (Å²) in [7, 11) is 0. The number of benzene rings is 11. The van der Waals surface area contributed by atoms with Gasteiger partial charge in [0.2, 0.25) is 0 Å². The van der Waals surface area contributed by atoms with E-state index in [1.165, 1.54) is 82.8 Å². The van der Waals surface area contributed by atoms with Crippen molar-refractivity contribution in [1.82, 2.24) is 4.57 Å². The van der Waals surface area contributed by atoms with Crippen molar-refractivity contribution in [3.8, 4) is 27.9 Å². The summed E-state index contributed by atoms with van der Waals surface area (Å²) < 4.78 is 2.39. The molecular weight excluding hydrogens is 823 g/mol. The molecule has 68 heavy (non-hydrogen) atoms. The first-order chi connectivity index (χ1) is 33.8. The minimum absolute atomic E-state index is 0.662. The lowest BCUT2D eigenvalue weighted by molar-refractivity contribution is 0.793. The fourth-order valence-corrected chi connectivity index (χ4v) is 11.9. The predicted molar refractivity (Wildman–Crippen MR) is 284 cm³/mol. The van der Waals surface area contributed by atoms with Crippen molar-refractivity contribution in [2.75, 3.05) is 9.80 Å². The van der Waals surface area contributed by atoms with Crippen LogP contribution in [0.25, 0.3) is 60.5 Å². The number of fused-ring (bicyclic) bond motifs is 15. The average Bonchev–Trinajstić information content (AvgIpc) is 4.02. The summed E-state index contributed by atoms with van der Waals surface area (Å²) in [4.78, 5) is 4.94. The summed E-state index contributed by atoms with van der Waals surface area (Å²) in [6, 6.07) is 96.2. The molecule has 0 saturated carbocycles. The zero-order valence-electron chi connectivity index (χ0n) is 37.2. The molecule has 1 heterocycles. The van der Waals surface area contributed by atoms with E-state index in [2.05, 4.69) is 275 Å². The minimum Gasteiger partial charge on any atom is -0.310 e. The van der Waals surface area contributed by atoms with Crippen molar-refractivity contribution in [2.24, 2.45) is 0 Å². The standard InChI is InChI=1S/C65H43N3/c1-5-22-45(23-6-1)66(49-38-40-61-56(42-49)54-32-17-20-36-60(54)68(61)48-28-11-4-12-29-48)50-37-39-53-52-31-15-18-34-57(52)65(59(53)43-50)58-35-19-16-33-55(58)63-51-30-14-13-21-44(51)41-62(64(63)65)67(46-24-7-2-8-25-46)47-26-9-3-10-27-47/h1-43H. The second kappa shape index (κ2) is 15.1. The molecule has 318 valence electrons. The lowest BCUT2D eigenvalue weighted by atomic mass is 9.69. The number of aromatic nitrogens is 1. The molecule has 1 atom stereocenters. The van der Waals surface area contributed by atoms with Crippen molar-refractivity contribution in [1.29, 1.82) is 0 Å². The van der Waals surface area contributed by atoms with Crippen LogP contribution in [0, 0.1) is 0 Å². The second-order valence-electron chi connectivity index (χ2n) is 18.0. The number of rotatable bonds is 7. The van der Waals surface area contributed by atoms with E-state index >= 15 is 0 Å². The Morgan fingerprint density at radius 1 is 0.309 bits per heavy atom. The Bertz CT molecular complexity index is 3870. The van der Waals surface area contributed by atoms with Crippen molar-refractivity contribution in [2.45, 2.75) is 5.41 Å². The molecule has 0 N–H and O–H groups in total. The third-order valence-corrected chi connectivity index (χ3v) is 14.5. The molecule has 3 nitrogen and oxygen atoms in total. The van der Waals surface area contributed by atoms with E-state index in [0.717, 1.165) is 34.1 Å². The highest BCUT2D eigenvalue weighted by Crippen LogP contribution is 2.67. The van der Waals surface area contributed by atoms with Crippen molar-refractivity contribution < 1.29 is 0 Å². The Kier molecular flexibility index (Phi) is 8.50. The van der Waals surface area contributed by atoms with Gasteiger partial charge in [0.15, 0.2) is 0 Å². The zero-order valence-corrected chi connectivity index (χ0v) is 37.2. The van der Waals surface area contributed by atoms with Gasteiger partial charge in [-0.1, -0.05) is 170 Å². The third kappa shape index (κ3) is 5.47. The molecule has 0 radical (unpaired) electrons. The van der Waals surface area contributed by atoms with E-state index in [9.17, 15) is 0 Å². The van der Waals surface area contributed by atoms with Gasteiger partial charge in [-0.15, -0.1) is 0 Å². The second-order valence-corrected chi connectivity index (χ2v) is 18.0. The molecule has 0 saturated heterocycles. The summed E-state index contributed by atoms with van der Waals surface area (Å²) in [5.41, 5.74) is 19.8. The summed E-state index contributed by atoms with van der Waals surface area (Å²) >= 11 is 0. The highest BCUT2D eigenvalue weighted by Gasteiger charge is 2.54. The molecule has 2 aliphatic carbocycles. The summed E-state index contributed by atoms with van der Waals surface area (Å²) in [5, 5.41) is 4.91. The molecule has 0 fully saturated rings. The number of anilines is 6. The van der Waals surface area contributed by atoms with Gasteiger partial charge in [0.25, 0.3) is 0 Å². The molecule has 3 heteroatoms. The summed E-state index contributed by atoms with van der Waals surface area (Å²) in [5.74, 6) is 0. The van der Waals surface area contributed by atoms with Gasteiger partial charge >= 0.3 is 0 Å². The maximum absolute atomic E-state index is 2.51. The van der Waals surface area contributed by atoms with E-state index < -0.39 is 5.41 Å². The maximum Gasteiger partial charge on any atom is 0.0747 e. The van der Waals surface area contributed by atoms with Gasteiger partial charge in [0, 0.05) is 50.5 Å². The van der Waals surface area contributed by atoms with E-state index in [0.29, 0.717) is 0 Å². The molecule has 0 bridgehead atoms. The lowest BCUT2D eigenvalue weighted by Crippen LogP contribution is -2.28. The van der Waals surface area contributed by atoms with Crippen LogP contribution >= 0.6 is 0 Å². The Hall–Kier alpha value is -8.92. The highest BCUT2D eigenvalue weighted by molar-refractivity contribution is 6.12. The van der Waals surface area contributed by atoms with Gasteiger partial charge in [0.1, 0.15) is 0 Å². The molecule has 1 unspecified atom stereocenters. The van der Waals surface area contributed by atoms with Crippen molar-refractivity contribution >= 4 is 66.7 Å². The van der Waals surface area contributed by atoms with Crippen molar-refractivity contribution in [3.05, 3.63) is 283 Å². The van der Waals surface area contributed by atoms with Gasteiger partial charge in [-0.3, -0.25) is 0 Å². The molecule has 0 amide bonds. The van der Waals surface area contributed by atoms with Crippen LogP contribution in [0.5, 0.6) is 0 Å². The monoisotopic (exact) mass is 865 g/mol. The van der Waals surface area contributed by atoms with Crippen LogP contribution in [0.15, 0.2) is 261 Å². The van der Waals surface area contributed by atoms with Gasteiger partial charge < -0.3 is 14.4 Å². The molecule has 11 aromatic carbocycles. The normalized spacial score (nSPS) is 14.2. The average molecular weight is 866 g/mol. The lowest BCUT2D eigenvalue weighted by Gasteiger charge is -2.36. The Labute approximate surface area is 395 Å². The fraction of sp³-hybridized carbons (Fsp3) is 0.0154. The van der Waals surface area contributed by atoms with E-state index in [1.807, 2.05) is 0 Å². The minimum atomic E-state index is -0.662. The van der Waals surface area contributed by atoms with Crippen LogP contribution < -0.4 is 9.80 Å². The Morgan fingerprint density at radius 3 is 1.51 bits per heavy atom. The quantitative estimate of drug-likeness (QED) is 0.158.